The molecule has 1 aromatic heterocycles. The number of carbonyl (C=O) groups is 2. The molecule has 0 aromatic carbocycles. The van der Waals surface area contributed by atoms with Gasteiger partial charge in [0, 0.05) is 31.0 Å². The van der Waals surface area contributed by atoms with Crippen LogP contribution in [0.3, 0.4) is 0 Å². The van der Waals surface area contributed by atoms with Crippen molar-refractivity contribution >= 4 is 41.2 Å². The number of aromatic nitrogens is 2. The number of hydrogen-bond acceptors (Lipinski definition) is 9. The number of nitrogens with zero attached hydrogens (tertiary/aromatic N) is 5. The van der Waals surface area contributed by atoms with Crippen LogP contribution in [-0.4, -0.2) is 75.0 Å². The first-order valence-electron chi connectivity index (χ1n) is 11.2. The van der Waals surface area contributed by atoms with Gasteiger partial charge in [0.2, 0.25) is 11.8 Å². The van der Waals surface area contributed by atoms with E-state index in [1.807, 2.05) is 6.92 Å². The molecule has 2 rings (SSSR count). The molecule has 0 saturated carbocycles. The summed E-state index contributed by atoms with van der Waals surface area (Å²) < 4.78 is 5.32. The number of nitrogen functional groups attached to an aromatic ring is 1. The second-order valence-electron chi connectivity index (χ2n) is 9.06. The van der Waals surface area contributed by atoms with Crippen LogP contribution in [0.4, 0.5) is 5.82 Å². The van der Waals surface area contributed by atoms with Gasteiger partial charge in [0.1, 0.15) is 18.0 Å². The molecule has 0 aliphatic carbocycles. The molecule has 0 radical (unpaired) electrons. The van der Waals surface area contributed by atoms with Crippen LogP contribution in [0.1, 0.15) is 58.3 Å². The fourth-order valence-electron chi connectivity index (χ4n) is 3.18. The molecule has 0 atom stereocenters. The Morgan fingerprint density at radius 2 is 1.91 bits per heavy atom. The smallest absolute Gasteiger partial charge is 0.312 e. The van der Waals surface area contributed by atoms with Gasteiger partial charge < -0.3 is 26.2 Å². The average molecular weight is 488 g/mol. The fraction of sp³-hybridized carbons (Fsp3) is 0.545. The topological polar surface area (TPSA) is 217 Å². The third kappa shape index (κ3) is 7.55. The molecule has 1 aliphatic heterocycles. The Morgan fingerprint density at radius 3 is 2.46 bits per heavy atom. The van der Waals surface area contributed by atoms with Crippen molar-refractivity contribution in [3.8, 4) is 0 Å². The molecule has 1 fully saturated rings. The molecule has 0 bridgehead atoms. The van der Waals surface area contributed by atoms with Crippen molar-refractivity contribution in [2.75, 3.05) is 25.4 Å². The van der Waals surface area contributed by atoms with Gasteiger partial charge in [-0.15, -0.1) is 0 Å². The Hall–Kier alpha value is -3.90. The van der Waals surface area contributed by atoms with Crippen LogP contribution in [-0.2, 0) is 14.3 Å². The summed E-state index contributed by atoms with van der Waals surface area (Å²) in [5, 5.41) is 25.0. The van der Waals surface area contributed by atoms with Gasteiger partial charge in [0.05, 0.1) is 6.20 Å². The minimum Gasteiger partial charge on any atom is -0.481 e. The molecule has 1 amide bonds. The lowest BCUT2D eigenvalue weighted by atomic mass is 9.95. The predicted octanol–water partition coefficient (Wildman–Crippen LogP) is 1.26. The number of hydrogen-bond donors (Lipinski definition) is 5. The SMILES string of the molecule is CCN=C(N=C(N)C1CCN(C(=O)CC(=O)O)CC1)c1cnc(N)c(C(=N)OC(=N)C(C)(C)C)n1. The maximum absolute atomic E-state index is 12.0. The predicted molar refractivity (Wildman–Crippen MR) is 132 cm³/mol. The largest absolute Gasteiger partial charge is 0.481 e. The summed E-state index contributed by atoms with van der Waals surface area (Å²) in [6.45, 7) is 8.32. The number of rotatable bonds is 6. The first kappa shape index (κ1) is 27.3. The number of aliphatic imine (C=N–C) groups is 2. The van der Waals surface area contributed by atoms with E-state index < -0.39 is 29.6 Å². The number of piperidine rings is 1. The first-order valence-corrected chi connectivity index (χ1v) is 11.2. The Kier molecular flexibility index (Phi) is 8.98. The van der Waals surface area contributed by atoms with Crippen molar-refractivity contribution in [1.82, 2.24) is 14.9 Å². The quantitative estimate of drug-likeness (QED) is 0.223. The van der Waals surface area contributed by atoms with Gasteiger partial charge in [-0.25, -0.2) is 15.0 Å². The standard InChI is InChI=1S/C22H33N9O4/c1-5-27-20(30-17(23)12-6-8-31(9-7-12)14(32)10-15(33)34)13-11-28-18(24)16(29-13)19(25)35-21(26)22(2,3)4/h11-12,25-26H,5-10H2,1-4H3,(H2,24,28)(H,33,34)(H2,23,27,30). The number of nitrogens with two attached hydrogens (primary N) is 2. The van der Waals surface area contributed by atoms with Crippen LogP contribution < -0.4 is 11.5 Å². The molecule has 13 heteroatoms. The molecule has 1 saturated heterocycles. The van der Waals surface area contributed by atoms with E-state index in [-0.39, 0.29) is 34.9 Å². The van der Waals surface area contributed by atoms with Gasteiger partial charge in [0.15, 0.2) is 23.2 Å². The van der Waals surface area contributed by atoms with E-state index in [0.717, 1.165) is 0 Å². The molecule has 7 N–H and O–H groups in total. The van der Waals surface area contributed by atoms with Crippen LogP contribution >= 0.6 is 0 Å². The molecular weight excluding hydrogens is 454 g/mol. The Balaban J connectivity index is 2.21. The molecule has 190 valence electrons. The lowest BCUT2D eigenvalue weighted by Gasteiger charge is -2.31. The van der Waals surface area contributed by atoms with E-state index in [1.54, 1.807) is 20.8 Å². The number of carboxylic acids is 1. The van der Waals surface area contributed by atoms with Crippen molar-refractivity contribution in [3.63, 3.8) is 0 Å². The molecule has 0 spiro atoms. The Labute approximate surface area is 203 Å². The van der Waals surface area contributed by atoms with Crippen molar-refractivity contribution in [2.45, 2.75) is 47.0 Å². The van der Waals surface area contributed by atoms with Gasteiger partial charge in [-0.05, 0) is 19.8 Å². The summed E-state index contributed by atoms with van der Waals surface area (Å²) in [6, 6.07) is 0. The van der Waals surface area contributed by atoms with Gasteiger partial charge in [0.25, 0.3) is 0 Å². The van der Waals surface area contributed by atoms with E-state index in [1.165, 1.54) is 11.1 Å². The van der Waals surface area contributed by atoms with E-state index in [4.69, 9.17) is 32.1 Å². The van der Waals surface area contributed by atoms with Crippen LogP contribution in [0.15, 0.2) is 16.2 Å². The number of nitrogens with one attached hydrogen (secondary N) is 2. The van der Waals surface area contributed by atoms with Crippen molar-refractivity contribution in [2.24, 2.45) is 27.1 Å². The van der Waals surface area contributed by atoms with E-state index in [2.05, 4.69) is 20.0 Å². The maximum Gasteiger partial charge on any atom is 0.312 e. The minimum atomic E-state index is -1.16. The van der Waals surface area contributed by atoms with E-state index in [9.17, 15) is 9.59 Å². The summed E-state index contributed by atoms with van der Waals surface area (Å²) in [5.74, 6) is -1.75. The summed E-state index contributed by atoms with van der Waals surface area (Å²) >= 11 is 0. The van der Waals surface area contributed by atoms with Crippen molar-refractivity contribution in [1.29, 1.82) is 10.8 Å². The molecule has 1 aromatic rings. The molecular formula is C22H33N9O4. The maximum atomic E-state index is 12.0. The number of ether oxygens (including phenoxy) is 1. The number of amidine groups is 2. The van der Waals surface area contributed by atoms with Crippen LogP contribution in [0.2, 0.25) is 0 Å². The lowest BCUT2D eigenvalue weighted by Crippen LogP contribution is -2.42. The van der Waals surface area contributed by atoms with Gasteiger partial charge in [-0.2, -0.15) is 0 Å². The second kappa shape index (κ2) is 11.5. The summed E-state index contributed by atoms with van der Waals surface area (Å²) in [5.41, 5.74) is 11.8. The molecule has 1 aliphatic rings. The highest BCUT2D eigenvalue weighted by Crippen LogP contribution is 2.20. The third-order valence-corrected chi connectivity index (χ3v) is 5.24. The number of likely N-dealkylation sites (tertiary alicyclic amines) is 1. The summed E-state index contributed by atoms with van der Waals surface area (Å²) in [6.07, 6.45) is 1.91. The van der Waals surface area contributed by atoms with E-state index >= 15 is 0 Å². The lowest BCUT2D eigenvalue weighted by molar-refractivity contribution is -0.144. The van der Waals surface area contributed by atoms with Crippen molar-refractivity contribution in [3.05, 3.63) is 17.6 Å². The first-order chi connectivity index (χ1) is 16.3. The van der Waals surface area contributed by atoms with Crippen LogP contribution in [0, 0.1) is 22.2 Å². The zero-order chi connectivity index (χ0) is 26.3. The van der Waals surface area contributed by atoms with Crippen molar-refractivity contribution < 1.29 is 19.4 Å². The fourth-order valence-corrected chi connectivity index (χ4v) is 3.18. The average Bonchev–Trinajstić information content (AvgIpc) is 2.78. The van der Waals surface area contributed by atoms with Gasteiger partial charge in [-0.1, -0.05) is 20.8 Å². The Morgan fingerprint density at radius 1 is 1.29 bits per heavy atom. The highest BCUT2D eigenvalue weighted by molar-refractivity contribution is 6.07. The van der Waals surface area contributed by atoms with Crippen LogP contribution in [0.5, 0.6) is 0 Å². The zero-order valence-corrected chi connectivity index (χ0v) is 20.5. The normalized spacial score (nSPS) is 15.6. The minimum absolute atomic E-state index is 0.0355. The monoisotopic (exact) mass is 487 g/mol. The summed E-state index contributed by atoms with van der Waals surface area (Å²) in [4.78, 5) is 41.5. The third-order valence-electron chi connectivity index (χ3n) is 5.24. The second-order valence-corrected chi connectivity index (χ2v) is 9.06. The number of anilines is 1. The zero-order valence-electron chi connectivity index (χ0n) is 20.5. The summed E-state index contributed by atoms with van der Waals surface area (Å²) in [7, 11) is 0. The number of amides is 1. The van der Waals surface area contributed by atoms with Crippen LogP contribution in [0.25, 0.3) is 0 Å². The molecule has 35 heavy (non-hydrogen) atoms. The highest BCUT2D eigenvalue weighted by Gasteiger charge is 2.27. The van der Waals surface area contributed by atoms with Gasteiger partial charge in [-0.3, -0.25) is 25.4 Å². The Bertz CT molecular complexity index is 1050. The molecule has 0 unspecified atom stereocenters. The number of aliphatic carboxylic acids is 1. The highest BCUT2D eigenvalue weighted by atomic mass is 16.5. The molecule has 2 heterocycles. The molecule has 13 nitrogen and oxygen atoms in total. The number of carboxylic acid groups (broad SMARTS) is 1. The number of carbonyl (C=O) groups excluding carboxylic acids is 1. The van der Waals surface area contributed by atoms with E-state index in [0.29, 0.717) is 38.3 Å². The van der Waals surface area contributed by atoms with Gasteiger partial charge >= 0.3 is 5.97 Å².